The lowest BCUT2D eigenvalue weighted by atomic mass is 9.70. The van der Waals surface area contributed by atoms with Gasteiger partial charge in [0.05, 0.1) is 31.9 Å². The van der Waals surface area contributed by atoms with E-state index in [0.717, 1.165) is 26.1 Å². The van der Waals surface area contributed by atoms with Crippen LogP contribution >= 0.6 is 0 Å². The number of hydrogen-bond donors (Lipinski definition) is 2. The molecule has 0 unspecified atom stereocenters. The van der Waals surface area contributed by atoms with Crippen LogP contribution in [0.1, 0.15) is 54.4 Å². The SMILES string of the molecule is CCOc1ccccc1NC(=O)O[C@@H]1[C@H](C[NH+](CC)CC)[C@@H]2CC[C@@]1(C)C2(C)C. The van der Waals surface area contributed by atoms with Gasteiger partial charge in [-0.15, -0.1) is 0 Å². The summed E-state index contributed by atoms with van der Waals surface area (Å²) in [6.45, 7) is 17.3. The maximum Gasteiger partial charge on any atom is 0.412 e. The van der Waals surface area contributed by atoms with E-state index in [0.29, 0.717) is 29.9 Å². The molecule has 3 rings (SSSR count). The Morgan fingerprint density at radius 1 is 1.17 bits per heavy atom. The zero-order chi connectivity index (χ0) is 21.2. The van der Waals surface area contributed by atoms with Crippen LogP contribution in [-0.2, 0) is 4.74 Å². The molecular weight excluding hydrogens is 364 g/mol. The maximum atomic E-state index is 12.9. The molecule has 1 aromatic rings. The summed E-state index contributed by atoms with van der Waals surface area (Å²) in [5, 5.41) is 2.94. The summed E-state index contributed by atoms with van der Waals surface area (Å²) in [7, 11) is 0. The van der Waals surface area contributed by atoms with Crippen LogP contribution in [0.5, 0.6) is 5.75 Å². The van der Waals surface area contributed by atoms with E-state index >= 15 is 0 Å². The molecule has 0 heterocycles. The van der Waals surface area contributed by atoms with Crippen LogP contribution in [0.15, 0.2) is 24.3 Å². The molecule has 0 aromatic heterocycles. The Labute approximate surface area is 176 Å². The minimum Gasteiger partial charge on any atom is -0.492 e. The molecule has 2 fully saturated rings. The van der Waals surface area contributed by atoms with Crippen LogP contribution in [0, 0.1) is 22.7 Å². The minimum atomic E-state index is -0.369. The molecule has 2 N–H and O–H groups in total. The van der Waals surface area contributed by atoms with Crippen molar-refractivity contribution in [1.82, 2.24) is 0 Å². The zero-order valence-electron chi connectivity index (χ0n) is 19.0. The number of hydrogen-bond acceptors (Lipinski definition) is 3. The summed E-state index contributed by atoms with van der Waals surface area (Å²) in [5.41, 5.74) is 0.863. The topological polar surface area (TPSA) is 52.0 Å². The van der Waals surface area contributed by atoms with Gasteiger partial charge >= 0.3 is 6.09 Å². The quantitative estimate of drug-likeness (QED) is 0.690. The highest BCUT2D eigenvalue weighted by Crippen LogP contribution is 2.68. The number of fused-ring (bicyclic) bond motifs is 2. The van der Waals surface area contributed by atoms with Crippen molar-refractivity contribution in [3.8, 4) is 5.75 Å². The summed E-state index contributed by atoms with van der Waals surface area (Å²) < 4.78 is 11.8. The van der Waals surface area contributed by atoms with Crippen molar-refractivity contribution >= 4 is 11.8 Å². The van der Waals surface area contributed by atoms with Crippen LogP contribution in [-0.4, -0.2) is 38.4 Å². The summed E-state index contributed by atoms with van der Waals surface area (Å²) in [6.07, 6.45) is 1.95. The van der Waals surface area contributed by atoms with E-state index in [1.165, 1.54) is 6.42 Å². The van der Waals surface area contributed by atoms with Gasteiger partial charge in [0.15, 0.2) is 0 Å². The first-order valence-electron chi connectivity index (χ1n) is 11.3. The van der Waals surface area contributed by atoms with Gasteiger partial charge in [-0.2, -0.15) is 0 Å². The molecule has 2 aliphatic carbocycles. The Morgan fingerprint density at radius 3 is 2.52 bits per heavy atom. The van der Waals surface area contributed by atoms with Gasteiger partial charge in [-0.3, -0.25) is 5.32 Å². The number of rotatable bonds is 8. The normalized spacial score (nSPS) is 29.8. The van der Waals surface area contributed by atoms with Crippen LogP contribution in [0.2, 0.25) is 0 Å². The number of benzene rings is 1. The molecule has 0 radical (unpaired) electrons. The van der Waals surface area contributed by atoms with E-state index in [2.05, 4.69) is 39.9 Å². The Balaban J connectivity index is 1.79. The van der Waals surface area contributed by atoms with Crippen LogP contribution in [0.3, 0.4) is 0 Å². The van der Waals surface area contributed by atoms with E-state index in [9.17, 15) is 4.79 Å². The highest BCUT2D eigenvalue weighted by Gasteiger charge is 2.68. The number of nitrogens with one attached hydrogen (secondary N) is 2. The Bertz CT molecular complexity index is 716. The summed E-state index contributed by atoms with van der Waals surface area (Å²) in [5.74, 6) is 1.69. The van der Waals surface area contributed by atoms with Crippen molar-refractivity contribution in [2.45, 2.75) is 60.5 Å². The predicted molar refractivity (Wildman–Crippen MR) is 117 cm³/mol. The third kappa shape index (κ3) is 3.86. The molecule has 2 bridgehead atoms. The molecule has 5 heteroatoms. The molecule has 1 amide bonds. The van der Waals surface area contributed by atoms with Gasteiger partial charge in [0.2, 0.25) is 0 Å². The van der Waals surface area contributed by atoms with Crippen LogP contribution < -0.4 is 15.0 Å². The van der Waals surface area contributed by atoms with E-state index < -0.39 is 0 Å². The number of quaternary nitrogens is 1. The van der Waals surface area contributed by atoms with E-state index in [1.807, 2.05) is 31.2 Å². The Kier molecular flexibility index (Phi) is 6.47. The van der Waals surface area contributed by atoms with Gasteiger partial charge < -0.3 is 14.4 Å². The number of amides is 1. The van der Waals surface area contributed by atoms with Crippen LogP contribution in [0.25, 0.3) is 0 Å². The predicted octanol–water partition coefficient (Wildman–Crippen LogP) is 4.00. The van der Waals surface area contributed by atoms with Crippen molar-refractivity contribution in [2.75, 3.05) is 31.6 Å². The standard InChI is InChI=1S/C24H38N2O3/c1-7-26(8-2)16-17-18-14-15-24(6,23(18,4)5)21(17)29-22(27)25-19-12-10-11-13-20(19)28-9-3/h10-13,17-18,21H,7-9,14-16H2,1-6H3,(H,25,27)/p+1/t17-,18+,21-,24-/m1/s1. The lowest BCUT2D eigenvalue weighted by molar-refractivity contribution is -0.900. The molecule has 2 aliphatic rings. The van der Waals surface area contributed by atoms with Gasteiger partial charge in [0.25, 0.3) is 0 Å². The summed E-state index contributed by atoms with van der Waals surface area (Å²) >= 11 is 0. The fourth-order valence-corrected chi connectivity index (χ4v) is 5.95. The monoisotopic (exact) mass is 403 g/mol. The second-order valence-corrected chi connectivity index (χ2v) is 9.49. The highest BCUT2D eigenvalue weighted by atomic mass is 16.6. The molecular formula is C24H39N2O3+. The molecule has 5 nitrogen and oxygen atoms in total. The van der Waals surface area contributed by atoms with Gasteiger partial charge in [-0.05, 0) is 57.1 Å². The molecule has 29 heavy (non-hydrogen) atoms. The average molecular weight is 404 g/mol. The van der Waals surface area contributed by atoms with E-state index in [1.54, 1.807) is 4.90 Å². The number of ether oxygens (including phenoxy) is 2. The minimum absolute atomic E-state index is 0.0195. The third-order valence-corrected chi connectivity index (χ3v) is 8.09. The van der Waals surface area contributed by atoms with Crippen molar-refractivity contribution in [3.63, 3.8) is 0 Å². The first-order chi connectivity index (χ1) is 13.8. The van der Waals surface area contributed by atoms with Gasteiger partial charge in [0, 0.05) is 11.3 Å². The van der Waals surface area contributed by atoms with Gasteiger partial charge in [-0.25, -0.2) is 4.79 Å². The number of para-hydroxylation sites is 2. The van der Waals surface area contributed by atoms with E-state index in [-0.39, 0.29) is 23.0 Å². The molecule has 1 aromatic carbocycles. The van der Waals surface area contributed by atoms with Crippen molar-refractivity contribution in [3.05, 3.63) is 24.3 Å². The van der Waals surface area contributed by atoms with Gasteiger partial charge in [0.1, 0.15) is 11.9 Å². The first kappa shape index (κ1) is 21.9. The second kappa shape index (κ2) is 8.55. The molecule has 0 saturated heterocycles. The number of carbonyl (C=O) groups is 1. The second-order valence-electron chi connectivity index (χ2n) is 9.49. The van der Waals surface area contributed by atoms with Gasteiger partial charge in [-0.1, -0.05) is 32.9 Å². The number of carbonyl (C=O) groups excluding carboxylic acids is 1. The molecule has 2 saturated carbocycles. The Hall–Kier alpha value is -1.75. The fourth-order valence-electron chi connectivity index (χ4n) is 5.95. The third-order valence-electron chi connectivity index (χ3n) is 8.09. The zero-order valence-corrected chi connectivity index (χ0v) is 19.0. The lowest BCUT2D eigenvalue weighted by Crippen LogP contribution is -3.12. The Morgan fingerprint density at radius 2 is 1.86 bits per heavy atom. The smallest absolute Gasteiger partial charge is 0.412 e. The maximum absolute atomic E-state index is 12.9. The van der Waals surface area contributed by atoms with Crippen molar-refractivity contribution in [2.24, 2.45) is 22.7 Å². The van der Waals surface area contributed by atoms with Crippen LogP contribution in [0.4, 0.5) is 10.5 Å². The fraction of sp³-hybridized carbons (Fsp3) is 0.708. The lowest BCUT2D eigenvalue weighted by Gasteiger charge is -2.39. The highest BCUT2D eigenvalue weighted by molar-refractivity contribution is 5.86. The van der Waals surface area contributed by atoms with Crippen molar-refractivity contribution in [1.29, 1.82) is 0 Å². The van der Waals surface area contributed by atoms with E-state index in [4.69, 9.17) is 9.47 Å². The molecule has 0 aliphatic heterocycles. The van der Waals surface area contributed by atoms with Crippen molar-refractivity contribution < 1.29 is 19.2 Å². The molecule has 4 atom stereocenters. The first-order valence-corrected chi connectivity index (χ1v) is 11.3. The molecule has 0 spiro atoms. The molecule has 162 valence electrons. The summed E-state index contributed by atoms with van der Waals surface area (Å²) in [6, 6.07) is 7.53. The largest absolute Gasteiger partial charge is 0.492 e. The summed E-state index contributed by atoms with van der Waals surface area (Å²) in [4.78, 5) is 14.5. The number of anilines is 1. The average Bonchev–Trinajstić information content (AvgIpc) is 3.00.